The molecule has 1 heteroatoms. The third kappa shape index (κ3) is 7.67. The first kappa shape index (κ1) is 42.0. The van der Waals surface area contributed by atoms with Crippen LogP contribution in [-0.4, -0.2) is 0 Å². The summed E-state index contributed by atoms with van der Waals surface area (Å²) in [6, 6.07) is 59.5. The van der Waals surface area contributed by atoms with E-state index in [2.05, 4.69) is 253 Å². The molecule has 1 nitrogen and oxygen atoms in total. The van der Waals surface area contributed by atoms with Crippen LogP contribution in [0.4, 0.5) is 17.1 Å². The van der Waals surface area contributed by atoms with Gasteiger partial charge in [-0.15, -0.1) is 0 Å². The third-order valence-electron chi connectivity index (χ3n) is 13.1. The van der Waals surface area contributed by atoms with Crippen LogP contribution in [0.1, 0.15) is 129 Å². The van der Waals surface area contributed by atoms with Crippen LogP contribution < -0.4 is 4.90 Å². The molecule has 0 N–H and O–H groups in total. The van der Waals surface area contributed by atoms with E-state index in [1.54, 1.807) is 0 Å². The van der Waals surface area contributed by atoms with E-state index in [-0.39, 0.29) is 27.1 Å². The third-order valence-corrected chi connectivity index (χ3v) is 13.1. The fourth-order valence-electron chi connectivity index (χ4n) is 9.79. The Bertz CT molecular complexity index is 2670. The second kappa shape index (κ2) is 15.1. The van der Waals surface area contributed by atoms with Crippen LogP contribution in [0.2, 0.25) is 0 Å². The maximum atomic E-state index is 2.47. The standard InChI is InChI=1S/C60H65N/c1-56(2,3)43-29-31-44(32-30-43)60(13)50-25-19-17-24-48(50)49-36-35-46(39-51(49)60)61(54-26-20-18-23-47(54)41-21-15-14-16-22-41)45-33-27-40(28-34-45)42-37-52(57(4,5)6)55(59(10,11)12)53(38-42)58(7,8)9/h14-39H,1-13H3. The molecule has 0 aliphatic heterocycles. The number of para-hydroxylation sites is 1. The molecule has 0 spiro atoms. The zero-order chi connectivity index (χ0) is 43.7. The molecule has 0 amide bonds. The van der Waals surface area contributed by atoms with Gasteiger partial charge in [0, 0.05) is 22.4 Å². The van der Waals surface area contributed by atoms with E-state index in [1.165, 1.54) is 72.3 Å². The van der Waals surface area contributed by atoms with Crippen molar-refractivity contribution in [2.45, 2.75) is 117 Å². The number of rotatable bonds is 6. The fourth-order valence-corrected chi connectivity index (χ4v) is 9.79. The van der Waals surface area contributed by atoms with Crippen molar-refractivity contribution in [3.8, 4) is 33.4 Å². The van der Waals surface area contributed by atoms with Crippen molar-refractivity contribution in [1.82, 2.24) is 0 Å². The van der Waals surface area contributed by atoms with Crippen molar-refractivity contribution in [2.75, 3.05) is 4.90 Å². The lowest BCUT2D eigenvalue weighted by molar-refractivity contribution is 0.498. The Morgan fingerprint density at radius 3 is 1.48 bits per heavy atom. The molecule has 61 heavy (non-hydrogen) atoms. The van der Waals surface area contributed by atoms with Crippen molar-refractivity contribution >= 4 is 17.1 Å². The summed E-state index contributed by atoms with van der Waals surface area (Å²) in [7, 11) is 0. The Labute approximate surface area is 367 Å². The zero-order valence-electron chi connectivity index (χ0n) is 39.0. The molecule has 310 valence electrons. The minimum Gasteiger partial charge on any atom is -0.310 e. The second-order valence-electron chi connectivity index (χ2n) is 21.7. The lowest BCUT2D eigenvalue weighted by Gasteiger charge is -2.37. The molecule has 0 bridgehead atoms. The van der Waals surface area contributed by atoms with Gasteiger partial charge in [-0.05, 0) is 126 Å². The average molecular weight is 800 g/mol. The van der Waals surface area contributed by atoms with Gasteiger partial charge < -0.3 is 4.90 Å². The number of hydrogen-bond acceptors (Lipinski definition) is 1. The number of anilines is 3. The molecule has 7 aromatic carbocycles. The van der Waals surface area contributed by atoms with Gasteiger partial charge in [0.05, 0.1) is 5.69 Å². The molecule has 0 saturated carbocycles. The Balaban J connectivity index is 1.32. The lowest BCUT2D eigenvalue weighted by Crippen LogP contribution is -2.28. The first-order valence-electron chi connectivity index (χ1n) is 22.3. The highest BCUT2D eigenvalue weighted by molar-refractivity contribution is 5.91. The fraction of sp³-hybridized carbons (Fsp3) is 0.300. The van der Waals surface area contributed by atoms with Crippen LogP contribution in [0, 0.1) is 0 Å². The molecule has 8 rings (SSSR count). The largest absolute Gasteiger partial charge is 0.310 e. The molecule has 1 aliphatic rings. The van der Waals surface area contributed by atoms with Crippen molar-refractivity contribution in [2.24, 2.45) is 0 Å². The van der Waals surface area contributed by atoms with Crippen LogP contribution in [0.25, 0.3) is 33.4 Å². The van der Waals surface area contributed by atoms with E-state index >= 15 is 0 Å². The summed E-state index contributed by atoms with van der Waals surface area (Å²) >= 11 is 0. The number of hydrogen-bond donors (Lipinski definition) is 0. The normalized spacial score (nSPS) is 15.4. The van der Waals surface area contributed by atoms with Crippen LogP contribution in [0.3, 0.4) is 0 Å². The van der Waals surface area contributed by atoms with Crippen molar-refractivity contribution in [3.05, 3.63) is 197 Å². The molecule has 1 unspecified atom stereocenters. The van der Waals surface area contributed by atoms with E-state index < -0.39 is 0 Å². The molecule has 7 aromatic rings. The van der Waals surface area contributed by atoms with E-state index in [4.69, 9.17) is 0 Å². The van der Waals surface area contributed by atoms with Crippen molar-refractivity contribution < 1.29 is 0 Å². The molecule has 0 saturated heterocycles. The Hall–Kier alpha value is -5.66. The van der Waals surface area contributed by atoms with E-state index in [0.29, 0.717) is 0 Å². The highest BCUT2D eigenvalue weighted by Crippen LogP contribution is 2.54. The molecule has 0 aromatic heterocycles. The first-order valence-corrected chi connectivity index (χ1v) is 22.3. The minimum atomic E-state index is -0.332. The molecular weight excluding hydrogens is 735 g/mol. The first-order chi connectivity index (χ1) is 28.7. The van der Waals surface area contributed by atoms with Gasteiger partial charge in [0.1, 0.15) is 0 Å². The SMILES string of the molecule is CC(C)(C)c1ccc(C2(C)c3ccccc3-c3ccc(N(c4ccc(-c5cc(C(C)(C)C)c(C(C)(C)C)c(C(C)(C)C)c5)cc4)c4ccccc4-c4ccccc4)cc32)cc1. The van der Waals surface area contributed by atoms with Gasteiger partial charge in [0.25, 0.3) is 0 Å². The van der Waals surface area contributed by atoms with Crippen molar-refractivity contribution in [1.29, 1.82) is 0 Å². The quantitative estimate of drug-likeness (QED) is 0.162. The number of benzene rings is 7. The molecule has 0 fully saturated rings. The lowest BCUT2D eigenvalue weighted by atomic mass is 9.68. The van der Waals surface area contributed by atoms with Crippen LogP contribution >= 0.6 is 0 Å². The van der Waals surface area contributed by atoms with E-state index in [9.17, 15) is 0 Å². The van der Waals surface area contributed by atoms with Crippen LogP contribution in [0.5, 0.6) is 0 Å². The zero-order valence-corrected chi connectivity index (χ0v) is 39.0. The Morgan fingerprint density at radius 1 is 0.377 bits per heavy atom. The Kier molecular flexibility index (Phi) is 10.4. The van der Waals surface area contributed by atoms with Gasteiger partial charge in [-0.2, -0.15) is 0 Å². The maximum Gasteiger partial charge on any atom is 0.0540 e. The van der Waals surface area contributed by atoms with Gasteiger partial charge in [-0.1, -0.05) is 210 Å². The summed E-state index contributed by atoms with van der Waals surface area (Å²) in [6.07, 6.45) is 0. The number of nitrogens with zero attached hydrogens (tertiary/aromatic N) is 1. The summed E-state index contributed by atoms with van der Waals surface area (Å²) in [6.45, 7) is 30.6. The van der Waals surface area contributed by atoms with Gasteiger partial charge in [-0.25, -0.2) is 0 Å². The van der Waals surface area contributed by atoms with Crippen molar-refractivity contribution in [3.63, 3.8) is 0 Å². The summed E-state index contributed by atoms with van der Waals surface area (Å²) < 4.78 is 0. The summed E-state index contributed by atoms with van der Waals surface area (Å²) in [5, 5.41) is 0. The predicted molar refractivity (Wildman–Crippen MR) is 264 cm³/mol. The topological polar surface area (TPSA) is 3.24 Å². The summed E-state index contributed by atoms with van der Waals surface area (Å²) in [5.74, 6) is 0. The smallest absolute Gasteiger partial charge is 0.0540 e. The molecule has 1 aliphatic carbocycles. The van der Waals surface area contributed by atoms with Crippen LogP contribution in [-0.2, 0) is 27.1 Å². The average Bonchev–Trinajstić information content (AvgIpc) is 3.48. The van der Waals surface area contributed by atoms with Crippen LogP contribution in [0.15, 0.2) is 158 Å². The monoisotopic (exact) mass is 800 g/mol. The summed E-state index contributed by atoms with van der Waals surface area (Å²) in [5.41, 5.74) is 20.4. The highest BCUT2D eigenvalue weighted by Gasteiger charge is 2.41. The molecule has 0 heterocycles. The molecule has 1 atom stereocenters. The number of fused-ring (bicyclic) bond motifs is 3. The Morgan fingerprint density at radius 2 is 0.902 bits per heavy atom. The highest BCUT2D eigenvalue weighted by atomic mass is 15.1. The predicted octanol–water partition coefficient (Wildman–Crippen LogP) is 17.0. The van der Waals surface area contributed by atoms with Gasteiger partial charge in [0.2, 0.25) is 0 Å². The summed E-state index contributed by atoms with van der Waals surface area (Å²) in [4.78, 5) is 2.47. The maximum absolute atomic E-state index is 2.47. The van der Waals surface area contributed by atoms with Gasteiger partial charge in [-0.3, -0.25) is 0 Å². The molecule has 0 radical (unpaired) electrons. The minimum absolute atomic E-state index is 0.00707. The second-order valence-corrected chi connectivity index (χ2v) is 21.7. The van der Waals surface area contributed by atoms with E-state index in [0.717, 1.165) is 17.1 Å². The van der Waals surface area contributed by atoms with E-state index in [1.807, 2.05) is 0 Å². The molecular formula is C60H65N. The van der Waals surface area contributed by atoms with Gasteiger partial charge >= 0.3 is 0 Å². The van der Waals surface area contributed by atoms with Gasteiger partial charge in [0.15, 0.2) is 0 Å².